The highest BCUT2D eigenvalue weighted by Crippen LogP contribution is 2.18. The molecule has 0 saturated heterocycles. The van der Waals surface area contributed by atoms with Crippen molar-refractivity contribution in [3.8, 4) is 17.6 Å². The number of rotatable bonds is 1. The lowest BCUT2D eigenvalue weighted by atomic mass is 10.1. The molecule has 0 aliphatic heterocycles. The third kappa shape index (κ3) is 2.61. The van der Waals surface area contributed by atoms with Crippen molar-refractivity contribution < 1.29 is 14.3 Å². The number of benzene rings is 1. The number of halogens is 1. The highest BCUT2D eigenvalue weighted by molar-refractivity contribution is 6.10. The summed E-state index contributed by atoms with van der Waals surface area (Å²) in [6.45, 7) is 0. The van der Waals surface area contributed by atoms with E-state index in [0.29, 0.717) is 0 Å². The second-order valence-corrected chi connectivity index (χ2v) is 3.56. The number of phenols is 1. The molecule has 0 atom stereocenters. The lowest BCUT2D eigenvalue weighted by Crippen LogP contribution is -1.96. The first kappa shape index (κ1) is 11.2. The summed E-state index contributed by atoms with van der Waals surface area (Å²) in [6, 6.07) is 3.24. The van der Waals surface area contributed by atoms with Gasteiger partial charge >= 0.3 is 0 Å². The number of phenolic OH excluding ortho intramolecular Hbond substituents is 1. The maximum absolute atomic E-state index is 12.7. The van der Waals surface area contributed by atoms with Crippen molar-refractivity contribution in [1.29, 1.82) is 0 Å². The largest absolute Gasteiger partial charge is 0.507 e. The van der Waals surface area contributed by atoms with Gasteiger partial charge in [-0.25, -0.2) is 4.39 Å². The molecule has 1 N–H and O–H groups in total. The minimum absolute atomic E-state index is 0.0189. The van der Waals surface area contributed by atoms with Gasteiger partial charge in [-0.1, -0.05) is 24.1 Å². The molecule has 2 nitrogen and oxygen atoms in total. The quantitative estimate of drug-likeness (QED) is 0.455. The Kier molecular flexibility index (Phi) is 3.06. The van der Waals surface area contributed by atoms with Crippen LogP contribution in [-0.2, 0) is 0 Å². The molecule has 0 unspecified atom stereocenters. The van der Waals surface area contributed by atoms with Crippen LogP contribution in [0.3, 0.4) is 0 Å². The van der Waals surface area contributed by atoms with Crippen molar-refractivity contribution >= 4 is 5.78 Å². The molecule has 0 bridgehead atoms. The molecule has 0 aromatic heterocycles. The molecule has 1 aromatic rings. The summed E-state index contributed by atoms with van der Waals surface area (Å²) in [5.74, 6) is 3.64. The van der Waals surface area contributed by atoms with Crippen LogP contribution >= 0.6 is 0 Å². The highest BCUT2D eigenvalue weighted by Gasteiger charge is 2.09. The number of allylic oxidation sites excluding steroid dienone is 4. The molecule has 0 saturated carbocycles. The van der Waals surface area contributed by atoms with Gasteiger partial charge in [-0.05, 0) is 24.5 Å². The first-order valence-electron chi connectivity index (χ1n) is 5.07. The van der Waals surface area contributed by atoms with Gasteiger partial charge in [0.25, 0.3) is 0 Å². The number of ketones is 1. The Morgan fingerprint density at radius 2 is 2.24 bits per heavy atom. The molecule has 0 fully saturated rings. The summed E-state index contributed by atoms with van der Waals surface area (Å²) in [5.41, 5.74) is 0.866. The van der Waals surface area contributed by atoms with Gasteiger partial charge in [0.15, 0.2) is 0 Å². The molecule has 1 aliphatic rings. The maximum atomic E-state index is 12.7. The summed E-state index contributed by atoms with van der Waals surface area (Å²) in [6.07, 6.45) is 6.34. The fraction of sp³-hybridized carbons (Fsp3) is 0.0714. The number of aromatic hydroxyl groups is 1. The van der Waals surface area contributed by atoms with E-state index in [1.165, 1.54) is 6.07 Å². The lowest BCUT2D eigenvalue weighted by molar-refractivity contribution is 0.105. The van der Waals surface area contributed by atoms with E-state index >= 15 is 0 Å². The highest BCUT2D eigenvalue weighted by atomic mass is 19.1. The van der Waals surface area contributed by atoms with E-state index in [-0.39, 0.29) is 11.3 Å². The van der Waals surface area contributed by atoms with Crippen LogP contribution in [0.25, 0.3) is 0 Å². The minimum atomic E-state index is -0.588. The van der Waals surface area contributed by atoms with Gasteiger partial charge in [0.05, 0.1) is 5.56 Å². The van der Waals surface area contributed by atoms with Crippen LogP contribution in [0.2, 0.25) is 0 Å². The standard InChI is InChI=1S/C14H9FO2/c15-11-6-7-12(14(17)9-11)13(16)8-5-10-3-1-2-4-10/h1-3,6-7,9,17H,4H2. The van der Waals surface area contributed by atoms with Gasteiger partial charge in [0, 0.05) is 11.6 Å². The number of hydrogen-bond acceptors (Lipinski definition) is 2. The Hall–Kier alpha value is -2.34. The topological polar surface area (TPSA) is 37.3 Å². The van der Waals surface area contributed by atoms with Crippen molar-refractivity contribution in [3.63, 3.8) is 0 Å². The van der Waals surface area contributed by atoms with E-state index in [4.69, 9.17) is 0 Å². The molecule has 0 radical (unpaired) electrons. The maximum Gasteiger partial charge on any atom is 0.239 e. The fourth-order valence-corrected chi connectivity index (χ4v) is 1.44. The van der Waals surface area contributed by atoms with Crippen molar-refractivity contribution in [2.45, 2.75) is 6.42 Å². The average Bonchev–Trinajstić information content (AvgIpc) is 2.78. The second kappa shape index (κ2) is 4.67. The third-order valence-electron chi connectivity index (χ3n) is 2.31. The van der Waals surface area contributed by atoms with Gasteiger partial charge in [0.1, 0.15) is 11.6 Å². The molecule has 0 amide bonds. The van der Waals surface area contributed by atoms with Crippen molar-refractivity contribution in [3.05, 3.63) is 53.4 Å². The monoisotopic (exact) mass is 228 g/mol. The fourth-order valence-electron chi connectivity index (χ4n) is 1.44. The normalized spacial score (nSPS) is 12.9. The van der Waals surface area contributed by atoms with E-state index in [1.54, 1.807) is 0 Å². The predicted octanol–water partition coefficient (Wildman–Crippen LogP) is 2.60. The van der Waals surface area contributed by atoms with Gasteiger partial charge in [-0.2, -0.15) is 0 Å². The summed E-state index contributed by atoms with van der Waals surface area (Å²) in [5, 5.41) is 9.40. The van der Waals surface area contributed by atoms with Crippen LogP contribution in [0.4, 0.5) is 4.39 Å². The summed E-state index contributed by atoms with van der Waals surface area (Å²) in [7, 11) is 0. The van der Waals surface area contributed by atoms with Crippen molar-refractivity contribution in [1.82, 2.24) is 0 Å². The molecule has 17 heavy (non-hydrogen) atoms. The van der Waals surface area contributed by atoms with Crippen LogP contribution in [0, 0.1) is 17.7 Å². The molecule has 1 aliphatic carbocycles. The van der Waals surface area contributed by atoms with Crippen LogP contribution < -0.4 is 0 Å². The predicted molar refractivity (Wildman–Crippen MR) is 62.0 cm³/mol. The Morgan fingerprint density at radius 1 is 1.41 bits per heavy atom. The smallest absolute Gasteiger partial charge is 0.239 e. The van der Waals surface area contributed by atoms with Crippen LogP contribution in [0.5, 0.6) is 5.75 Å². The second-order valence-electron chi connectivity index (χ2n) is 3.56. The first-order chi connectivity index (χ1) is 8.16. The summed E-state index contributed by atoms with van der Waals surface area (Å²) < 4.78 is 12.7. The van der Waals surface area contributed by atoms with Gasteiger partial charge in [0.2, 0.25) is 5.78 Å². The SMILES string of the molecule is O=C(C#CC1=CC=CC1)c1ccc(F)cc1O. The number of carbonyl (C=O) groups excluding carboxylic acids is 1. The molecular weight excluding hydrogens is 219 g/mol. The summed E-state index contributed by atoms with van der Waals surface area (Å²) in [4.78, 5) is 11.6. The number of Topliss-reactive ketones (excluding diaryl/α,β-unsaturated/α-hetero) is 1. The molecular formula is C14H9FO2. The van der Waals surface area contributed by atoms with E-state index in [9.17, 15) is 14.3 Å². The minimum Gasteiger partial charge on any atom is -0.507 e. The molecule has 0 heterocycles. The summed E-state index contributed by atoms with van der Waals surface area (Å²) >= 11 is 0. The molecule has 84 valence electrons. The van der Waals surface area contributed by atoms with Crippen molar-refractivity contribution in [2.24, 2.45) is 0 Å². The zero-order chi connectivity index (χ0) is 12.3. The van der Waals surface area contributed by atoms with Crippen LogP contribution in [-0.4, -0.2) is 10.9 Å². The third-order valence-corrected chi connectivity index (χ3v) is 2.31. The van der Waals surface area contributed by atoms with Crippen LogP contribution in [0.15, 0.2) is 42.0 Å². The van der Waals surface area contributed by atoms with Gasteiger partial charge in [-0.3, -0.25) is 4.79 Å². The lowest BCUT2D eigenvalue weighted by Gasteiger charge is -1.98. The van der Waals surface area contributed by atoms with E-state index in [0.717, 1.165) is 24.1 Å². The van der Waals surface area contributed by atoms with E-state index < -0.39 is 11.6 Å². The zero-order valence-electron chi connectivity index (χ0n) is 8.90. The van der Waals surface area contributed by atoms with Crippen molar-refractivity contribution in [2.75, 3.05) is 0 Å². The zero-order valence-corrected chi connectivity index (χ0v) is 8.90. The molecule has 0 spiro atoms. The Labute approximate surface area is 98.1 Å². The number of hydrogen-bond donors (Lipinski definition) is 1. The molecule has 1 aromatic carbocycles. The average molecular weight is 228 g/mol. The van der Waals surface area contributed by atoms with Gasteiger partial charge in [-0.15, -0.1) is 0 Å². The Morgan fingerprint density at radius 3 is 2.88 bits per heavy atom. The van der Waals surface area contributed by atoms with Gasteiger partial charge < -0.3 is 5.11 Å². The first-order valence-corrected chi connectivity index (χ1v) is 5.07. The molecule has 2 rings (SSSR count). The van der Waals surface area contributed by atoms with Crippen LogP contribution in [0.1, 0.15) is 16.8 Å². The molecule has 3 heteroatoms. The number of carbonyl (C=O) groups is 1. The Balaban J connectivity index is 2.20. The van der Waals surface area contributed by atoms with E-state index in [1.807, 2.05) is 18.2 Å². The Bertz CT molecular complexity index is 586. The van der Waals surface area contributed by atoms with E-state index in [2.05, 4.69) is 11.8 Å².